The van der Waals surface area contributed by atoms with E-state index in [1.54, 1.807) is 11.0 Å². The minimum absolute atomic E-state index is 0.170. The van der Waals surface area contributed by atoms with Crippen molar-refractivity contribution in [3.05, 3.63) is 11.6 Å². The highest BCUT2D eigenvalue weighted by atomic mass is 16.6. The number of carboxylic acid groups (broad SMARTS) is 1. The zero-order chi connectivity index (χ0) is 13.9. The van der Waals surface area contributed by atoms with Crippen molar-refractivity contribution in [3.63, 3.8) is 0 Å². The molecule has 1 aliphatic heterocycles. The van der Waals surface area contributed by atoms with Crippen LogP contribution in [0.5, 0.6) is 0 Å². The van der Waals surface area contributed by atoms with Crippen LogP contribution in [0, 0.1) is 0 Å². The lowest BCUT2D eigenvalue weighted by Gasteiger charge is -2.27. The van der Waals surface area contributed by atoms with Gasteiger partial charge in [0.2, 0.25) is 0 Å². The van der Waals surface area contributed by atoms with Crippen molar-refractivity contribution in [2.75, 3.05) is 6.54 Å². The molecule has 0 bridgehead atoms. The van der Waals surface area contributed by atoms with E-state index in [4.69, 9.17) is 9.84 Å². The summed E-state index contributed by atoms with van der Waals surface area (Å²) in [7, 11) is 0. The number of ether oxygens (including phenoxy) is 1. The van der Waals surface area contributed by atoms with Crippen molar-refractivity contribution in [3.8, 4) is 0 Å². The van der Waals surface area contributed by atoms with Crippen molar-refractivity contribution in [2.45, 2.75) is 52.2 Å². The monoisotopic (exact) mass is 255 g/mol. The average molecular weight is 255 g/mol. The van der Waals surface area contributed by atoms with Gasteiger partial charge in [0, 0.05) is 12.1 Å². The third-order valence-electron chi connectivity index (χ3n) is 2.71. The maximum absolute atomic E-state index is 11.9. The van der Waals surface area contributed by atoms with E-state index in [2.05, 4.69) is 0 Å². The van der Waals surface area contributed by atoms with E-state index in [0.29, 0.717) is 6.54 Å². The number of carbonyl (C=O) groups is 2. The third-order valence-corrected chi connectivity index (χ3v) is 2.71. The van der Waals surface area contributed by atoms with E-state index in [9.17, 15) is 9.59 Å². The summed E-state index contributed by atoms with van der Waals surface area (Å²) in [5.74, 6) is -0.953. The number of carbonyl (C=O) groups excluding carboxylic acids is 1. The summed E-state index contributed by atoms with van der Waals surface area (Å²) >= 11 is 0. The first-order valence-electron chi connectivity index (χ1n) is 6.12. The molecule has 18 heavy (non-hydrogen) atoms. The molecule has 1 rings (SSSR count). The maximum Gasteiger partial charge on any atom is 0.410 e. The van der Waals surface area contributed by atoms with E-state index < -0.39 is 11.6 Å². The summed E-state index contributed by atoms with van der Waals surface area (Å²) in [6.07, 6.45) is 2.90. The van der Waals surface area contributed by atoms with Crippen LogP contribution in [0.25, 0.3) is 0 Å². The first kappa shape index (κ1) is 14.5. The van der Waals surface area contributed by atoms with E-state index >= 15 is 0 Å². The van der Waals surface area contributed by atoms with Gasteiger partial charge in [-0.05, 0) is 40.5 Å². The molecule has 0 radical (unpaired) electrons. The van der Waals surface area contributed by atoms with Crippen LogP contribution >= 0.6 is 0 Å². The summed E-state index contributed by atoms with van der Waals surface area (Å²) in [5, 5.41) is 8.85. The van der Waals surface area contributed by atoms with Crippen LogP contribution < -0.4 is 0 Å². The molecule has 0 aromatic heterocycles. The van der Waals surface area contributed by atoms with Crippen LogP contribution in [0.3, 0.4) is 0 Å². The van der Waals surface area contributed by atoms with Gasteiger partial charge in [-0.3, -0.25) is 0 Å². The molecule has 1 heterocycles. The van der Waals surface area contributed by atoms with Gasteiger partial charge in [-0.25, -0.2) is 9.59 Å². The molecule has 1 saturated heterocycles. The molecular formula is C13H21NO4. The quantitative estimate of drug-likeness (QED) is 0.769. The van der Waals surface area contributed by atoms with E-state index in [1.165, 1.54) is 6.92 Å². The van der Waals surface area contributed by atoms with Gasteiger partial charge in [-0.15, -0.1) is 0 Å². The number of carboxylic acids is 1. The summed E-state index contributed by atoms with van der Waals surface area (Å²) in [6.45, 7) is 7.59. The lowest BCUT2D eigenvalue weighted by atomic mass is 10.1. The molecule has 1 fully saturated rings. The van der Waals surface area contributed by atoms with E-state index in [-0.39, 0.29) is 17.7 Å². The molecule has 102 valence electrons. The van der Waals surface area contributed by atoms with Gasteiger partial charge in [-0.2, -0.15) is 0 Å². The highest BCUT2D eigenvalue weighted by molar-refractivity contribution is 5.86. The molecule has 0 unspecified atom stereocenters. The second kappa shape index (κ2) is 5.42. The van der Waals surface area contributed by atoms with Gasteiger partial charge >= 0.3 is 12.1 Å². The van der Waals surface area contributed by atoms with Crippen molar-refractivity contribution in [1.82, 2.24) is 4.90 Å². The highest BCUT2D eigenvalue weighted by Crippen LogP contribution is 2.22. The molecule has 0 spiro atoms. The van der Waals surface area contributed by atoms with Gasteiger partial charge in [0.15, 0.2) is 0 Å². The number of hydrogen-bond donors (Lipinski definition) is 1. The number of nitrogens with zero attached hydrogens (tertiary/aromatic N) is 1. The van der Waals surface area contributed by atoms with Gasteiger partial charge < -0.3 is 14.7 Å². The Morgan fingerprint density at radius 1 is 1.39 bits per heavy atom. The van der Waals surface area contributed by atoms with E-state index in [1.807, 2.05) is 20.8 Å². The van der Waals surface area contributed by atoms with Crippen molar-refractivity contribution in [2.24, 2.45) is 0 Å². The number of aliphatic carboxylic acids is 1. The minimum atomic E-state index is -0.953. The summed E-state index contributed by atoms with van der Waals surface area (Å²) in [5.41, 5.74) is -0.272. The van der Waals surface area contributed by atoms with Crippen LogP contribution in [-0.2, 0) is 9.53 Å². The molecular weight excluding hydrogens is 234 g/mol. The SMILES string of the molecule is C/C(=C\[C@@H]1CCCN1C(=O)OC(C)(C)C)C(=O)O. The lowest BCUT2D eigenvalue weighted by molar-refractivity contribution is -0.132. The van der Waals surface area contributed by atoms with Crippen molar-refractivity contribution >= 4 is 12.1 Å². The molecule has 5 nitrogen and oxygen atoms in total. The molecule has 1 atom stereocenters. The summed E-state index contributed by atoms with van der Waals surface area (Å²) < 4.78 is 5.30. The Hall–Kier alpha value is -1.52. The Balaban J connectivity index is 2.74. The van der Waals surface area contributed by atoms with Crippen LogP contribution in [0.1, 0.15) is 40.5 Å². The number of rotatable bonds is 2. The van der Waals surface area contributed by atoms with Crippen molar-refractivity contribution in [1.29, 1.82) is 0 Å². The normalized spacial score (nSPS) is 21.0. The molecule has 1 amide bonds. The highest BCUT2D eigenvalue weighted by Gasteiger charge is 2.31. The third kappa shape index (κ3) is 4.05. The molecule has 1 N–H and O–H groups in total. The summed E-state index contributed by atoms with van der Waals surface area (Å²) in [4.78, 5) is 24.3. The zero-order valence-corrected chi connectivity index (χ0v) is 11.4. The minimum Gasteiger partial charge on any atom is -0.478 e. The first-order valence-corrected chi connectivity index (χ1v) is 6.12. The predicted molar refractivity (Wildman–Crippen MR) is 67.4 cm³/mol. The second-order valence-corrected chi connectivity index (χ2v) is 5.54. The largest absolute Gasteiger partial charge is 0.478 e. The second-order valence-electron chi connectivity index (χ2n) is 5.54. The fourth-order valence-electron chi connectivity index (χ4n) is 1.87. The number of amides is 1. The first-order chi connectivity index (χ1) is 8.20. The number of hydrogen-bond acceptors (Lipinski definition) is 3. The Kier molecular flexibility index (Phi) is 4.38. The lowest BCUT2D eigenvalue weighted by Crippen LogP contribution is -2.39. The Morgan fingerprint density at radius 2 is 2.00 bits per heavy atom. The fourth-order valence-corrected chi connectivity index (χ4v) is 1.87. The van der Waals surface area contributed by atoms with Crippen LogP contribution in [-0.4, -0.2) is 40.3 Å². The van der Waals surface area contributed by atoms with Crippen LogP contribution in [0.15, 0.2) is 11.6 Å². The van der Waals surface area contributed by atoms with E-state index in [0.717, 1.165) is 12.8 Å². The molecule has 1 aliphatic rings. The maximum atomic E-state index is 11.9. The van der Waals surface area contributed by atoms with Gasteiger partial charge in [0.05, 0.1) is 6.04 Å². The zero-order valence-electron chi connectivity index (χ0n) is 11.4. The fraction of sp³-hybridized carbons (Fsp3) is 0.692. The van der Waals surface area contributed by atoms with Crippen LogP contribution in [0.2, 0.25) is 0 Å². The van der Waals surface area contributed by atoms with Gasteiger partial charge in [0.25, 0.3) is 0 Å². The van der Waals surface area contributed by atoms with Gasteiger partial charge in [-0.1, -0.05) is 6.08 Å². The van der Waals surface area contributed by atoms with Crippen LogP contribution in [0.4, 0.5) is 4.79 Å². The number of likely N-dealkylation sites (tertiary alicyclic amines) is 1. The standard InChI is InChI=1S/C13H21NO4/c1-9(11(15)16)8-10-6-5-7-14(10)12(17)18-13(2,3)4/h8,10H,5-7H2,1-4H3,(H,15,16)/b9-8+/t10-/m0/s1. The Bertz CT molecular complexity index is 368. The Morgan fingerprint density at radius 3 is 2.50 bits per heavy atom. The molecule has 0 aliphatic carbocycles. The topological polar surface area (TPSA) is 66.8 Å². The molecule has 0 saturated carbocycles. The summed E-state index contributed by atoms with van der Waals surface area (Å²) in [6, 6.07) is -0.170. The van der Waals surface area contributed by atoms with Gasteiger partial charge in [0.1, 0.15) is 5.60 Å². The average Bonchev–Trinajstić information content (AvgIpc) is 2.62. The van der Waals surface area contributed by atoms with Crippen molar-refractivity contribution < 1.29 is 19.4 Å². The molecule has 5 heteroatoms. The smallest absolute Gasteiger partial charge is 0.410 e. The molecule has 0 aromatic carbocycles. The predicted octanol–water partition coefficient (Wildman–Crippen LogP) is 2.42. The molecule has 0 aromatic rings. The Labute approximate surface area is 107 Å².